The Bertz CT molecular complexity index is 528. The van der Waals surface area contributed by atoms with Crippen LogP contribution in [0.5, 0.6) is 0 Å². The van der Waals surface area contributed by atoms with Crippen LogP contribution in [0.15, 0.2) is 24.3 Å². The number of benzene rings is 1. The zero-order valence-electron chi connectivity index (χ0n) is 13.0. The third-order valence-corrected chi connectivity index (χ3v) is 3.57. The number of aryl methyl sites for hydroxylation is 2. The zero-order valence-corrected chi connectivity index (χ0v) is 13.0. The Labute approximate surface area is 122 Å². The van der Waals surface area contributed by atoms with Crippen molar-refractivity contribution >= 4 is 11.0 Å². The maximum atomic E-state index is 4.78. The molecule has 0 bridgehead atoms. The summed E-state index contributed by atoms with van der Waals surface area (Å²) in [6, 6.07) is 9.07. The highest BCUT2D eigenvalue weighted by Gasteiger charge is 2.08. The number of aromatic nitrogens is 2. The second-order valence-corrected chi connectivity index (χ2v) is 5.73. The van der Waals surface area contributed by atoms with Gasteiger partial charge in [0.1, 0.15) is 5.82 Å². The summed E-state index contributed by atoms with van der Waals surface area (Å²) in [6.45, 7) is 8.80. The molecule has 20 heavy (non-hydrogen) atoms. The number of imidazole rings is 1. The van der Waals surface area contributed by atoms with Gasteiger partial charge in [-0.05, 0) is 37.9 Å². The predicted molar refractivity (Wildman–Crippen MR) is 86.1 cm³/mol. The smallest absolute Gasteiger partial charge is 0.109 e. The summed E-state index contributed by atoms with van der Waals surface area (Å²) in [4.78, 5) is 4.78. The van der Waals surface area contributed by atoms with E-state index in [0.717, 1.165) is 31.4 Å². The van der Waals surface area contributed by atoms with Crippen LogP contribution in [0.3, 0.4) is 0 Å². The molecule has 3 nitrogen and oxygen atoms in total. The molecule has 110 valence electrons. The lowest BCUT2D eigenvalue weighted by atomic mass is 10.2. The number of hydrogen-bond acceptors (Lipinski definition) is 2. The van der Waals surface area contributed by atoms with Crippen molar-refractivity contribution in [3.05, 3.63) is 30.1 Å². The number of nitrogens with one attached hydrogen (secondary N) is 1. The van der Waals surface area contributed by atoms with Gasteiger partial charge < -0.3 is 9.88 Å². The Morgan fingerprint density at radius 1 is 1.20 bits per heavy atom. The number of fused-ring (bicyclic) bond motifs is 1. The minimum Gasteiger partial charge on any atom is -0.328 e. The fourth-order valence-electron chi connectivity index (χ4n) is 2.58. The lowest BCUT2D eigenvalue weighted by Crippen LogP contribution is -2.23. The molecule has 2 aromatic rings. The Morgan fingerprint density at radius 3 is 2.75 bits per heavy atom. The second-order valence-electron chi connectivity index (χ2n) is 5.73. The first-order valence-corrected chi connectivity index (χ1v) is 7.90. The summed E-state index contributed by atoms with van der Waals surface area (Å²) in [5.74, 6) is 1.24. The van der Waals surface area contributed by atoms with Crippen molar-refractivity contribution in [2.24, 2.45) is 0 Å². The van der Waals surface area contributed by atoms with Crippen molar-refractivity contribution in [1.82, 2.24) is 14.9 Å². The first kappa shape index (κ1) is 15.0. The molecule has 1 heterocycles. The topological polar surface area (TPSA) is 29.9 Å². The van der Waals surface area contributed by atoms with Gasteiger partial charge in [0.15, 0.2) is 0 Å². The normalized spacial score (nSPS) is 11.6. The molecule has 0 aliphatic rings. The van der Waals surface area contributed by atoms with Gasteiger partial charge in [-0.1, -0.05) is 32.9 Å². The number of unbranched alkanes of at least 4 members (excludes halogenated alkanes) is 1. The van der Waals surface area contributed by atoms with E-state index in [2.05, 4.69) is 54.9 Å². The molecule has 1 aromatic carbocycles. The van der Waals surface area contributed by atoms with Gasteiger partial charge in [-0.3, -0.25) is 0 Å². The molecule has 0 unspecified atom stereocenters. The Hall–Kier alpha value is -1.35. The van der Waals surface area contributed by atoms with Gasteiger partial charge in [0.2, 0.25) is 0 Å². The molecule has 0 saturated carbocycles. The van der Waals surface area contributed by atoms with Gasteiger partial charge in [0.05, 0.1) is 11.0 Å². The molecule has 0 saturated heterocycles. The van der Waals surface area contributed by atoms with Gasteiger partial charge in [-0.2, -0.15) is 0 Å². The minimum absolute atomic E-state index is 0.583. The second kappa shape index (κ2) is 7.44. The molecule has 0 amide bonds. The highest BCUT2D eigenvalue weighted by Crippen LogP contribution is 2.17. The van der Waals surface area contributed by atoms with Crippen LogP contribution < -0.4 is 5.32 Å². The van der Waals surface area contributed by atoms with Crippen LogP contribution in [0.1, 0.15) is 45.9 Å². The van der Waals surface area contributed by atoms with Gasteiger partial charge >= 0.3 is 0 Å². The molecule has 0 spiro atoms. The molecular weight excluding hydrogens is 246 g/mol. The van der Waals surface area contributed by atoms with Crippen LogP contribution >= 0.6 is 0 Å². The van der Waals surface area contributed by atoms with Gasteiger partial charge in [0.25, 0.3) is 0 Å². The van der Waals surface area contributed by atoms with Crippen molar-refractivity contribution in [3.8, 4) is 0 Å². The zero-order chi connectivity index (χ0) is 14.4. The summed E-state index contributed by atoms with van der Waals surface area (Å²) in [7, 11) is 0. The average molecular weight is 273 g/mol. The van der Waals surface area contributed by atoms with Crippen LogP contribution in [0, 0.1) is 0 Å². The van der Waals surface area contributed by atoms with E-state index in [1.165, 1.54) is 24.2 Å². The van der Waals surface area contributed by atoms with E-state index in [0.29, 0.717) is 6.04 Å². The quantitative estimate of drug-likeness (QED) is 0.742. The van der Waals surface area contributed by atoms with Crippen molar-refractivity contribution in [3.63, 3.8) is 0 Å². The standard InChI is InChI=1S/C17H27N3/c1-4-9-17-19-15-10-5-6-11-16(15)20(17)13-8-7-12-18-14(2)3/h5-6,10-11,14,18H,4,7-9,12-13H2,1-3H3. The van der Waals surface area contributed by atoms with E-state index < -0.39 is 0 Å². The highest BCUT2D eigenvalue weighted by atomic mass is 15.1. The molecule has 0 atom stereocenters. The number of hydrogen-bond donors (Lipinski definition) is 1. The molecule has 0 radical (unpaired) electrons. The Balaban J connectivity index is 2.01. The summed E-state index contributed by atoms with van der Waals surface area (Å²) in [6.07, 6.45) is 4.64. The molecule has 0 aliphatic carbocycles. The van der Waals surface area contributed by atoms with Gasteiger partial charge in [0, 0.05) is 19.0 Å². The first-order chi connectivity index (χ1) is 9.72. The van der Waals surface area contributed by atoms with Gasteiger partial charge in [-0.25, -0.2) is 4.98 Å². The van der Waals surface area contributed by atoms with Crippen molar-refractivity contribution in [1.29, 1.82) is 0 Å². The van der Waals surface area contributed by atoms with Crippen LogP contribution in [0.4, 0.5) is 0 Å². The van der Waals surface area contributed by atoms with E-state index in [9.17, 15) is 0 Å². The first-order valence-electron chi connectivity index (χ1n) is 7.90. The van der Waals surface area contributed by atoms with E-state index in [1.807, 2.05) is 0 Å². The van der Waals surface area contributed by atoms with Crippen LogP contribution in [0.2, 0.25) is 0 Å². The molecule has 0 aliphatic heterocycles. The van der Waals surface area contributed by atoms with E-state index >= 15 is 0 Å². The minimum atomic E-state index is 0.583. The van der Waals surface area contributed by atoms with Crippen molar-refractivity contribution < 1.29 is 0 Å². The lowest BCUT2D eigenvalue weighted by molar-refractivity contribution is 0.528. The average Bonchev–Trinajstić information content (AvgIpc) is 2.76. The molecular formula is C17H27N3. The van der Waals surface area contributed by atoms with Crippen molar-refractivity contribution in [2.75, 3.05) is 6.54 Å². The fourth-order valence-corrected chi connectivity index (χ4v) is 2.58. The molecule has 0 fully saturated rings. The number of para-hydroxylation sites is 2. The number of nitrogens with zero attached hydrogens (tertiary/aromatic N) is 2. The fraction of sp³-hybridized carbons (Fsp3) is 0.588. The lowest BCUT2D eigenvalue weighted by Gasteiger charge is -2.10. The molecule has 1 aromatic heterocycles. The monoisotopic (exact) mass is 273 g/mol. The summed E-state index contributed by atoms with van der Waals surface area (Å²) in [5, 5.41) is 3.48. The molecule has 3 heteroatoms. The van der Waals surface area contributed by atoms with E-state index in [-0.39, 0.29) is 0 Å². The van der Waals surface area contributed by atoms with Crippen molar-refractivity contribution in [2.45, 2.75) is 59.0 Å². The Kier molecular flexibility index (Phi) is 5.60. The van der Waals surface area contributed by atoms with Crippen LogP contribution in [-0.2, 0) is 13.0 Å². The Morgan fingerprint density at radius 2 is 2.00 bits per heavy atom. The maximum absolute atomic E-state index is 4.78. The third kappa shape index (κ3) is 3.83. The van der Waals surface area contributed by atoms with Crippen LogP contribution in [-0.4, -0.2) is 22.1 Å². The predicted octanol–water partition coefficient (Wildman–Crippen LogP) is 3.77. The van der Waals surface area contributed by atoms with Crippen LogP contribution in [0.25, 0.3) is 11.0 Å². The summed E-state index contributed by atoms with van der Waals surface area (Å²) in [5.41, 5.74) is 2.42. The largest absolute Gasteiger partial charge is 0.328 e. The highest BCUT2D eigenvalue weighted by molar-refractivity contribution is 5.75. The SMILES string of the molecule is CCCc1nc2ccccc2n1CCCCNC(C)C. The summed E-state index contributed by atoms with van der Waals surface area (Å²) < 4.78 is 2.41. The van der Waals surface area contributed by atoms with Gasteiger partial charge in [-0.15, -0.1) is 0 Å². The van der Waals surface area contributed by atoms with E-state index in [1.54, 1.807) is 0 Å². The number of rotatable bonds is 8. The third-order valence-electron chi connectivity index (χ3n) is 3.57. The maximum Gasteiger partial charge on any atom is 0.109 e. The van der Waals surface area contributed by atoms with E-state index in [4.69, 9.17) is 4.98 Å². The molecule has 1 N–H and O–H groups in total. The summed E-state index contributed by atoms with van der Waals surface area (Å²) >= 11 is 0. The molecule has 2 rings (SSSR count).